The van der Waals surface area contributed by atoms with Gasteiger partial charge in [0.05, 0.1) is 0 Å². The van der Waals surface area contributed by atoms with E-state index in [1.807, 2.05) is 85.8 Å². The van der Waals surface area contributed by atoms with Crippen LogP contribution in [0.15, 0.2) is 89.5 Å². The molecule has 4 nitrogen and oxygen atoms in total. The van der Waals surface area contributed by atoms with E-state index in [-0.39, 0.29) is 5.91 Å². The lowest BCUT2D eigenvalue weighted by Crippen LogP contribution is -2.13. The number of nitrogens with zero attached hydrogens (tertiary/aromatic N) is 1. The molecule has 0 aliphatic heterocycles. The Balaban J connectivity index is 1.50. The van der Waals surface area contributed by atoms with Crippen LogP contribution in [0.4, 0.5) is 5.69 Å². The second-order valence-electron chi connectivity index (χ2n) is 6.25. The topological polar surface area (TPSA) is 55.1 Å². The first-order valence-electron chi connectivity index (χ1n) is 8.69. The summed E-state index contributed by atoms with van der Waals surface area (Å²) in [6.07, 6.45) is 1.65. The molecular formula is C23H18N2O2. The third-order valence-corrected chi connectivity index (χ3v) is 4.35. The number of carbonyl (C=O) groups is 1. The maximum atomic E-state index is 12.4. The summed E-state index contributed by atoms with van der Waals surface area (Å²) in [5.74, 6) is 0.425. The molecule has 0 aliphatic rings. The molecule has 4 heteroatoms. The highest BCUT2D eigenvalue weighted by Crippen LogP contribution is 2.25. The Bertz CT molecular complexity index is 1070. The van der Waals surface area contributed by atoms with Gasteiger partial charge >= 0.3 is 0 Å². The van der Waals surface area contributed by atoms with E-state index in [1.165, 1.54) is 0 Å². The third kappa shape index (κ3) is 3.65. The van der Waals surface area contributed by atoms with Gasteiger partial charge in [-0.3, -0.25) is 4.79 Å². The predicted octanol–water partition coefficient (Wildman–Crippen LogP) is 5.57. The molecule has 1 heterocycles. The maximum Gasteiger partial charge on any atom is 0.255 e. The molecule has 0 unspecified atom stereocenters. The number of oxazole rings is 1. The van der Waals surface area contributed by atoms with Gasteiger partial charge in [0.1, 0.15) is 12.0 Å². The first kappa shape index (κ1) is 16.8. The highest BCUT2D eigenvalue weighted by molar-refractivity contribution is 6.05. The predicted molar refractivity (Wildman–Crippen MR) is 107 cm³/mol. The number of rotatable bonds is 4. The summed E-state index contributed by atoms with van der Waals surface area (Å²) in [6, 6.07) is 24.9. The van der Waals surface area contributed by atoms with Crippen molar-refractivity contribution in [2.45, 2.75) is 6.92 Å². The van der Waals surface area contributed by atoms with Crippen LogP contribution < -0.4 is 5.32 Å². The van der Waals surface area contributed by atoms with Crippen molar-refractivity contribution in [3.63, 3.8) is 0 Å². The Kier molecular flexibility index (Phi) is 4.54. The molecule has 0 bridgehead atoms. The Morgan fingerprint density at radius 3 is 2.30 bits per heavy atom. The minimum Gasteiger partial charge on any atom is -0.444 e. The molecule has 0 saturated carbocycles. The molecule has 3 aromatic carbocycles. The summed E-state index contributed by atoms with van der Waals surface area (Å²) in [7, 11) is 0. The van der Waals surface area contributed by atoms with Gasteiger partial charge in [0.2, 0.25) is 5.89 Å². The van der Waals surface area contributed by atoms with Crippen LogP contribution in [0.2, 0.25) is 0 Å². The minimum absolute atomic E-state index is 0.122. The number of hydrogen-bond donors (Lipinski definition) is 1. The normalized spacial score (nSPS) is 10.6. The van der Waals surface area contributed by atoms with Crippen LogP contribution in [0.1, 0.15) is 15.9 Å². The van der Waals surface area contributed by atoms with Gasteiger partial charge in [0.15, 0.2) is 0 Å². The summed E-state index contributed by atoms with van der Waals surface area (Å²) in [5.41, 5.74) is 4.99. The van der Waals surface area contributed by atoms with Crippen LogP contribution in [-0.2, 0) is 0 Å². The number of amides is 1. The standard InChI is InChI=1S/C23H18N2O2/c1-16-7-5-6-10-20(16)22(26)24-19-13-11-18(12-14-19)23-25-21(15-27-23)17-8-3-2-4-9-17/h2-15H,1H3,(H,24,26). The van der Waals surface area contributed by atoms with Gasteiger partial charge in [-0.25, -0.2) is 4.98 Å². The van der Waals surface area contributed by atoms with Gasteiger partial charge in [0.25, 0.3) is 5.91 Å². The first-order chi connectivity index (χ1) is 13.2. The van der Waals surface area contributed by atoms with Crippen molar-refractivity contribution in [2.24, 2.45) is 0 Å². The van der Waals surface area contributed by atoms with Crippen molar-refractivity contribution >= 4 is 11.6 Å². The molecule has 4 aromatic rings. The second kappa shape index (κ2) is 7.30. The summed E-state index contributed by atoms with van der Waals surface area (Å²) >= 11 is 0. The van der Waals surface area contributed by atoms with E-state index in [9.17, 15) is 4.79 Å². The fourth-order valence-electron chi connectivity index (χ4n) is 2.87. The van der Waals surface area contributed by atoms with E-state index >= 15 is 0 Å². The zero-order chi connectivity index (χ0) is 18.6. The Morgan fingerprint density at radius 1 is 0.852 bits per heavy atom. The molecule has 0 aliphatic carbocycles. The average molecular weight is 354 g/mol. The molecular weight excluding hydrogens is 336 g/mol. The number of hydrogen-bond acceptors (Lipinski definition) is 3. The molecule has 0 spiro atoms. The molecule has 1 aromatic heterocycles. The number of carbonyl (C=O) groups excluding carboxylic acids is 1. The van der Waals surface area contributed by atoms with Gasteiger partial charge in [-0.15, -0.1) is 0 Å². The summed E-state index contributed by atoms with van der Waals surface area (Å²) in [5, 5.41) is 2.92. The smallest absolute Gasteiger partial charge is 0.255 e. The van der Waals surface area contributed by atoms with Crippen LogP contribution >= 0.6 is 0 Å². The SMILES string of the molecule is Cc1ccccc1C(=O)Nc1ccc(-c2nc(-c3ccccc3)co2)cc1. The molecule has 0 fully saturated rings. The lowest BCUT2D eigenvalue weighted by atomic mass is 10.1. The van der Waals surface area contributed by atoms with Crippen molar-refractivity contribution in [2.75, 3.05) is 5.32 Å². The van der Waals surface area contributed by atoms with Gasteiger partial charge in [-0.05, 0) is 42.8 Å². The highest BCUT2D eigenvalue weighted by atomic mass is 16.3. The molecule has 1 N–H and O–H groups in total. The summed E-state index contributed by atoms with van der Waals surface area (Å²) in [4.78, 5) is 17.0. The Hall–Kier alpha value is -3.66. The van der Waals surface area contributed by atoms with Crippen LogP contribution in [0, 0.1) is 6.92 Å². The monoisotopic (exact) mass is 354 g/mol. The zero-order valence-electron chi connectivity index (χ0n) is 14.8. The maximum absolute atomic E-state index is 12.4. The molecule has 0 radical (unpaired) electrons. The van der Waals surface area contributed by atoms with Gasteiger partial charge in [-0.1, -0.05) is 48.5 Å². The fraction of sp³-hybridized carbons (Fsp3) is 0.0435. The molecule has 132 valence electrons. The summed E-state index contributed by atoms with van der Waals surface area (Å²) < 4.78 is 5.61. The van der Waals surface area contributed by atoms with Crippen molar-refractivity contribution in [1.82, 2.24) is 4.98 Å². The number of nitrogens with one attached hydrogen (secondary N) is 1. The minimum atomic E-state index is -0.122. The molecule has 4 rings (SSSR count). The van der Waals surface area contributed by atoms with Gasteiger partial charge < -0.3 is 9.73 Å². The fourth-order valence-corrected chi connectivity index (χ4v) is 2.87. The van der Waals surface area contributed by atoms with Crippen molar-refractivity contribution in [3.05, 3.63) is 96.3 Å². The number of benzene rings is 3. The second-order valence-corrected chi connectivity index (χ2v) is 6.25. The van der Waals surface area contributed by atoms with Crippen LogP contribution in [0.3, 0.4) is 0 Å². The van der Waals surface area contributed by atoms with Gasteiger partial charge in [-0.2, -0.15) is 0 Å². The average Bonchev–Trinajstić information content (AvgIpc) is 3.20. The lowest BCUT2D eigenvalue weighted by molar-refractivity contribution is 0.102. The van der Waals surface area contributed by atoms with Crippen molar-refractivity contribution in [1.29, 1.82) is 0 Å². The van der Waals surface area contributed by atoms with E-state index < -0.39 is 0 Å². The lowest BCUT2D eigenvalue weighted by Gasteiger charge is -2.07. The van der Waals surface area contributed by atoms with E-state index in [0.29, 0.717) is 11.5 Å². The Labute approximate surface area is 157 Å². The quantitative estimate of drug-likeness (QED) is 0.521. The van der Waals surface area contributed by atoms with Gasteiger partial charge in [0, 0.05) is 22.4 Å². The molecule has 0 saturated heterocycles. The Morgan fingerprint density at radius 2 is 1.56 bits per heavy atom. The highest BCUT2D eigenvalue weighted by Gasteiger charge is 2.10. The largest absolute Gasteiger partial charge is 0.444 e. The third-order valence-electron chi connectivity index (χ3n) is 4.35. The van der Waals surface area contributed by atoms with Crippen molar-refractivity contribution in [3.8, 4) is 22.7 Å². The van der Waals surface area contributed by atoms with Crippen LogP contribution in [-0.4, -0.2) is 10.9 Å². The van der Waals surface area contributed by atoms with Crippen LogP contribution in [0.25, 0.3) is 22.7 Å². The van der Waals surface area contributed by atoms with E-state index in [0.717, 1.165) is 28.1 Å². The van der Waals surface area contributed by atoms with E-state index in [2.05, 4.69) is 10.3 Å². The molecule has 1 amide bonds. The van der Waals surface area contributed by atoms with Crippen molar-refractivity contribution < 1.29 is 9.21 Å². The summed E-state index contributed by atoms with van der Waals surface area (Å²) in [6.45, 7) is 1.92. The zero-order valence-corrected chi connectivity index (χ0v) is 14.8. The van der Waals surface area contributed by atoms with Crippen LogP contribution in [0.5, 0.6) is 0 Å². The molecule has 0 atom stereocenters. The first-order valence-corrected chi connectivity index (χ1v) is 8.69. The van der Waals surface area contributed by atoms with E-state index in [4.69, 9.17) is 4.42 Å². The number of anilines is 1. The molecule has 27 heavy (non-hydrogen) atoms. The number of aryl methyl sites for hydroxylation is 1. The number of aromatic nitrogens is 1. The van der Waals surface area contributed by atoms with E-state index in [1.54, 1.807) is 6.26 Å².